The fourth-order valence-electron chi connectivity index (χ4n) is 2.58. The van der Waals surface area contributed by atoms with Gasteiger partial charge in [0, 0.05) is 13.8 Å². The number of hydrogen-bond donors (Lipinski definition) is 1. The molecule has 0 bridgehead atoms. The highest BCUT2D eigenvalue weighted by molar-refractivity contribution is 5.96. The number of carbonyl (C=O) groups is 4. The minimum Gasteiger partial charge on any atom is -0.458 e. The smallest absolute Gasteiger partial charge is 0.408 e. The van der Waals surface area contributed by atoms with Crippen LogP contribution in [0.1, 0.15) is 74.7 Å². The predicted molar refractivity (Wildman–Crippen MR) is 103 cm³/mol. The normalized spacial score (nSPS) is 18.3. The first kappa shape index (κ1) is 24.7. The van der Waals surface area contributed by atoms with E-state index in [1.165, 1.54) is 13.8 Å². The van der Waals surface area contributed by atoms with Crippen molar-refractivity contribution < 1.29 is 38.1 Å². The molecule has 0 aromatic carbocycles. The fourth-order valence-corrected chi connectivity index (χ4v) is 2.58. The predicted octanol–water partition coefficient (Wildman–Crippen LogP) is 2.84. The van der Waals surface area contributed by atoms with Gasteiger partial charge in [0.1, 0.15) is 17.2 Å². The Balaban J connectivity index is 2.74. The van der Waals surface area contributed by atoms with Crippen molar-refractivity contribution in [2.75, 3.05) is 0 Å². The van der Waals surface area contributed by atoms with Gasteiger partial charge in [-0.2, -0.15) is 0 Å². The van der Waals surface area contributed by atoms with Crippen LogP contribution in [0.15, 0.2) is 0 Å². The molecule has 1 atom stereocenters. The average Bonchev–Trinajstić information content (AvgIpc) is 2.43. The van der Waals surface area contributed by atoms with Gasteiger partial charge >= 0.3 is 24.0 Å². The summed E-state index contributed by atoms with van der Waals surface area (Å²) in [6, 6.07) is -0.990. The molecule has 9 nitrogen and oxygen atoms in total. The highest BCUT2D eigenvalue weighted by Crippen LogP contribution is 2.26. The molecule has 0 aliphatic carbocycles. The van der Waals surface area contributed by atoms with Crippen LogP contribution < -0.4 is 5.32 Å². The van der Waals surface area contributed by atoms with Crippen LogP contribution in [0.3, 0.4) is 0 Å². The summed E-state index contributed by atoms with van der Waals surface area (Å²) in [5, 5.41) is 2.50. The van der Waals surface area contributed by atoms with Crippen molar-refractivity contribution in [3.8, 4) is 0 Å². The van der Waals surface area contributed by atoms with Crippen molar-refractivity contribution in [2.24, 2.45) is 5.92 Å². The summed E-state index contributed by atoms with van der Waals surface area (Å²) >= 11 is 0. The van der Waals surface area contributed by atoms with Gasteiger partial charge in [-0.25, -0.2) is 9.59 Å². The minimum absolute atomic E-state index is 0.114. The molecule has 1 fully saturated rings. The van der Waals surface area contributed by atoms with E-state index >= 15 is 0 Å². The topological polar surface area (TPSA) is 117 Å². The number of carbonyl (C=O) groups excluding carboxylic acids is 4. The lowest BCUT2D eigenvalue weighted by molar-refractivity contribution is -0.240. The number of alkyl carbamates (subject to hydrolysis) is 1. The van der Waals surface area contributed by atoms with E-state index in [1.807, 2.05) is 0 Å². The van der Waals surface area contributed by atoms with Crippen LogP contribution in [-0.4, -0.2) is 47.0 Å². The Morgan fingerprint density at radius 1 is 1.00 bits per heavy atom. The van der Waals surface area contributed by atoms with Crippen molar-refractivity contribution in [1.82, 2.24) is 5.32 Å². The highest BCUT2D eigenvalue weighted by atomic mass is 16.7. The molecule has 1 amide bonds. The van der Waals surface area contributed by atoms with E-state index in [1.54, 1.807) is 41.5 Å². The third-order valence-corrected chi connectivity index (χ3v) is 3.63. The molecule has 29 heavy (non-hydrogen) atoms. The lowest BCUT2D eigenvalue weighted by atomic mass is 9.98. The SMILES string of the molecule is CC(C)(C)OC(=O)N[C@@H](CCCC1C(=O)OC(C)(C)OC1=O)C(=O)OC(C)(C)C. The zero-order valence-electron chi connectivity index (χ0n) is 18.5. The molecular weight excluding hydrogens is 382 g/mol. The lowest BCUT2D eigenvalue weighted by Crippen LogP contribution is -2.47. The summed E-state index contributed by atoms with van der Waals surface area (Å²) in [5.74, 6) is -4.32. The Morgan fingerprint density at radius 3 is 1.93 bits per heavy atom. The Kier molecular flexibility index (Phi) is 7.67. The molecule has 0 unspecified atom stereocenters. The van der Waals surface area contributed by atoms with Crippen LogP contribution in [0.5, 0.6) is 0 Å². The lowest BCUT2D eigenvalue weighted by Gasteiger charge is -2.33. The van der Waals surface area contributed by atoms with Crippen molar-refractivity contribution >= 4 is 24.0 Å². The first-order valence-electron chi connectivity index (χ1n) is 9.67. The summed E-state index contributed by atoms with van der Waals surface area (Å²) in [5.41, 5.74) is -1.47. The van der Waals surface area contributed by atoms with Gasteiger partial charge in [-0.15, -0.1) is 0 Å². The van der Waals surface area contributed by atoms with Crippen molar-refractivity contribution in [1.29, 1.82) is 0 Å². The van der Waals surface area contributed by atoms with Crippen LogP contribution in [0.25, 0.3) is 0 Å². The van der Waals surface area contributed by atoms with Gasteiger partial charge < -0.3 is 24.3 Å². The molecule has 1 aliphatic rings. The van der Waals surface area contributed by atoms with Crippen molar-refractivity contribution in [2.45, 2.75) is 97.7 Å². The molecule has 166 valence electrons. The van der Waals surface area contributed by atoms with Crippen molar-refractivity contribution in [3.05, 3.63) is 0 Å². The molecule has 1 rings (SSSR count). The maximum atomic E-state index is 12.5. The zero-order valence-corrected chi connectivity index (χ0v) is 18.5. The van der Waals surface area contributed by atoms with Gasteiger partial charge in [0.2, 0.25) is 0 Å². The Bertz CT molecular complexity index is 622. The van der Waals surface area contributed by atoms with E-state index in [0.717, 1.165) is 0 Å². The molecule has 1 N–H and O–H groups in total. The third kappa shape index (κ3) is 9.15. The number of rotatable bonds is 6. The van der Waals surface area contributed by atoms with Crippen LogP contribution in [0.2, 0.25) is 0 Å². The van der Waals surface area contributed by atoms with Crippen LogP contribution in [0.4, 0.5) is 4.79 Å². The molecule has 0 saturated carbocycles. The van der Waals surface area contributed by atoms with E-state index in [4.69, 9.17) is 18.9 Å². The Morgan fingerprint density at radius 2 is 1.48 bits per heavy atom. The quantitative estimate of drug-likeness (QED) is 0.400. The first-order chi connectivity index (χ1) is 13.0. The Hall–Kier alpha value is -2.32. The van der Waals surface area contributed by atoms with Gasteiger partial charge in [0.25, 0.3) is 5.79 Å². The fraction of sp³-hybridized carbons (Fsp3) is 0.800. The number of ether oxygens (including phenoxy) is 4. The molecule has 1 saturated heterocycles. The molecular formula is C20H33NO8. The maximum Gasteiger partial charge on any atom is 0.408 e. The number of amides is 1. The second kappa shape index (κ2) is 9.00. The van der Waals surface area contributed by atoms with Gasteiger partial charge in [-0.1, -0.05) is 0 Å². The summed E-state index contributed by atoms with van der Waals surface area (Å²) in [7, 11) is 0. The summed E-state index contributed by atoms with van der Waals surface area (Å²) in [4.78, 5) is 48.7. The van der Waals surface area contributed by atoms with Gasteiger partial charge in [-0.05, 0) is 60.8 Å². The molecule has 9 heteroatoms. The van der Waals surface area contributed by atoms with E-state index in [0.29, 0.717) is 0 Å². The zero-order chi connectivity index (χ0) is 22.6. The minimum atomic E-state index is -1.29. The molecule has 0 aromatic heterocycles. The van der Waals surface area contributed by atoms with E-state index in [-0.39, 0.29) is 19.3 Å². The van der Waals surface area contributed by atoms with Crippen LogP contribution >= 0.6 is 0 Å². The second-order valence-electron chi connectivity index (χ2n) is 9.46. The maximum absolute atomic E-state index is 12.5. The molecule has 0 spiro atoms. The standard InChI is InChI=1S/C20H33NO8/c1-18(2,3)26-16(24)13(21-17(25)29-19(4,5)6)11-9-10-12-14(22)27-20(7,8)28-15(12)23/h12-13H,9-11H2,1-8H3,(H,21,25)/t13-/m0/s1. The second-order valence-corrected chi connectivity index (χ2v) is 9.46. The monoisotopic (exact) mass is 415 g/mol. The largest absolute Gasteiger partial charge is 0.458 e. The van der Waals surface area contributed by atoms with Gasteiger partial charge in [0.05, 0.1) is 0 Å². The highest BCUT2D eigenvalue weighted by Gasteiger charge is 2.43. The van der Waals surface area contributed by atoms with Crippen LogP contribution in [-0.2, 0) is 33.3 Å². The van der Waals surface area contributed by atoms with Gasteiger partial charge in [0.15, 0.2) is 5.92 Å². The van der Waals surface area contributed by atoms with E-state index < -0.39 is 53.0 Å². The molecule has 0 radical (unpaired) electrons. The number of esters is 3. The van der Waals surface area contributed by atoms with E-state index in [2.05, 4.69) is 5.32 Å². The van der Waals surface area contributed by atoms with Gasteiger partial charge in [-0.3, -0.25) is 9.59 Å². The Labute approximate surface area is 171 Å². The first-order valence-corrected chi connectivity index (χ1v) is 9.67. The molecule has 1 aliphatic heterocycles. The summed E-state index contributed by atoms with van der Waals surface area (Å²) in [6.45, 7) is 13.2. The summed E-state index contributed by atoms with van der Waals surface area (Å²) in [6.07, 6.45) is -0.223. The number of cyclic esters (lactones) is 2. The number of hydrogen-bond acceptors (Lipinski definition) is 8. The van der Waals surface area contributed by atoms with Crippen LogP contribution in [0, 0.1) is 5.92 Å². The summed E-state index contributed by atoms with van der Waals surface area (Å²) < 4.78 is 20.7. The van der Waals surface area contributed by atoms with E-state index in [9.17, 15) is 19.2 Å². The number of nitrogens with one attached hydrogen (secondary N) is 1. The molecule has 0 aromatic rings. The molecule has 1 heterocycles. The average molecular weight is 415 g/mol. The third-order valence-electron chi connectivity index (χ3n) is 3.63. The van der Waals surface area contributed by atoms with Crippen molar-refractivity contribution in [3.63, 3.8) is 0 Å².